The summed E-state index contributed by atoms with van der Waals surface area (Å²) in [7, 11) is 0. The molecule has 1 aromatic carbocycles. The van der Waals surface area contributed by atoms with E-state index < -0.39 is 5.82 Å². The Morgan fingerprint density at radius 2 is 1.90 bits per heavy atom. The second-order valence-corrected chi connectivity index (χ2v) is 5.49. The second kappa shape index (κ2) is 5.54. The maximum absolute atomic E-state index is 13.4. The summed E-state index contributed by atoms with van der Waals surface area (Å²) >= 11 is 11.8. The van der Waals surface area contributed by atoms with Gasteiger partial charge in [-0.2, -0.15) is 0 Å². The molecule has 1 aliphatic rings. The van der Waals surface area contributed by atoms with Crippen LogP contribution in [0.15, 0.2) is 18.2 Å². The van der Waals surface area contributed by atoms with Crippen molar-refractivity contribution in [2.24, 2.45) is 0 Å². The molecule has 0 fully saturated rings. The summed E-state index contributed by atoms with van der Waals surface area (Å²) < 4.78 is 13.4. The van der Waals surface area contributed by atoms with Gasteiger partial charge in [0.05, 0.1) is 10.7 Å². The Kier molecular flexibility index (Phi) is 3.76. The molecule has 2 aromatic rings. The third kappa shape index (κ3) is 2.72. The van der Waals surface area contributed by atoms with Crippen molar-refractivity contribution in [3.05, 3.63) is 45.4 Å². The smallest absolute Gasteiger partial charge is 0.228 e. The molecule has 104 valence electrons. The Morgan fingerprint density at radius 1 is 1.10 bits per heavy atom. The van der Waals surface area contributed by atoms with Gasteiger partial charge in [-0.15, -0.1) is 0 Å². The van der Waals surface area contributed by atoms with E-state index in [0.29, 0.717) is 16.8 Å². The molecule has 0 atom stereocenters. The Hall–Kier alpha value is -1.39. The molecule has 0 aliphatic heterocycles. The van der Waals surface area contributed by atoms with Crippen molar-refractivity contribution in [1.29, 1.82) is 0 Å². The molecule has 1 aromatic heterocycles. The van der Waals surface area contributed by atoms with Gasteiger partial charge >= 0.3 is 0 Å². The van der Waals surface area contributed by atoms with E-state index in [1.165, 1.54) is 12.1 Å². The van der Waals surface area contributed by atoms with Crippen LogP contribution in [-0.4, -0.2) is 9.97 Å². The van der Waals surface area contributed by atoms with Crippen molar-refractivity contribution in [3.8, 4) is 0 Å². The van der Waals surface area contributed by atoms with Gasteiger partial charge in [-0.25, -0.2) is 14.4 Å². The number of nitrogens with one attached hydrogen (secondary N) is 1. The Labute approximate surface area is 126 Å². The van der Waals surface area contributed by atoms with E-state index in [-0.39, 0.29) is 5.02 Å². The van der Waals surface area contributed by atoms with Crippen LogP contribution < -0.4 is 5.32 Å². The third-order valence-electron chi connectivity index (χ3n) is 3.31. The molecule has 0 saturated heterocycles. The fourth-order valence-corrected chi connectivity index (χ4v) is 2.71. The molecule has 20 heavy (non-hydrogen) atoms. The van der Waals surface area contributed by atoms with E-state index in [2.05, 4.69) is 15.3 Å². The highest BCUT2D eigenvalue weighted by Crippen LogP contribution is 2.28. The Balaban J connectivity index is 1.90. The zero-order valence-electron chi connectivity index (χ0n) is 10.6. The Morgan fingerprint density at radius 3 is 2.70 bits per heavy atom. The standard InChI is InChI=1S/C14H12Cl2FN3/c15-10-6-5-8(7-11(10)17)18-14-19-12-4-2-1-3-9(12)13(16)20-14/h5-7H,1-4H2,(H,18,19,20). The van der Waals surface area contributed by atoms with Crippen LogP contribution >= 0.6 is 23.2 Å². The first-order valence-electron chi connectivity index (χ1n) is 6.41. The van der Waals surface area contributed by atoms with Gasteiger partial charge in [-0.3, -0.25) is 0 Å². The molecule has 0 unspecified atom stereocenters. The monoisotopic (exact) mass is 311 g/mol. The average molecular weight is 312 g/mol. The molecular weight excluding hydrogens is 300 g/mol. The minimum Gasteiger partial charge on any atom is -0.324 e. The van der Waals surface area contributed by atoms with Gasteiger partial charge in [0.2, 0.25) is 5.95 Å². The zero-order chi connectivity index (χ0) is 14.1. The molecule has 3 nitrogen and oxygen atoms in total. The fourth-order valence-electron chi connectivity index (χ4n) is 2.31. The Bertz CT molecular complexity index is 661. The molecule has 0 radical (unpaired) electrons. The van der Waals surface area contributed by atoms with Gasteiger partial charge in [-0.1, -0.05) is 23.2 Å². The zero-order valence-corrected chi connectivity index (χ0v) is 12.1. The summed E-state index contributed by atoms with van der Waals surface area (Å²) in [6, 6.07) is 4.46. The molecular formula is C14H12Cl2FN3. The first-order chi connectivity index (χ1) is 9.63. The lowest BCUT2D eigenvalue weighted by Gasteiger charge is -2.16. The summed E-state index contributed by atoms with van der Waals surface area (Å²) in [5, 5.41) is 3.52. The number of hydrogen-bond donors (Lipinski definition) is 1. The predicted molar refractivity (Wildman–Crippen MR) is 78.4 cm³/mol. The number of nitrogens with zero attached hydrogens (tertiary/aromatic N) is 2. The van der Waals surface area contributed by atoms with Crippen LogP contribution in [0.2, 0.25) is 10.2 Å². The summed E-state index contributed by atoms with van der Waals surface area (Å²) in [6.45, 7) is 0. The van der Waals surface area contributed by atoms with Crippen LogP contribution in [0.4, 0.5) is 16.0 Å². The SMILES string of the molecule is Fc1cc(Nc2nc(Cl)c3c(n2)CCCC3)ccc1Cl. The highest BCUT2D eigenvalue weighted by atomic mass is 35.5. The van der Waals surface area contributed by atoms with Gasteiger partial charge in [0.25, 0.3) is 0 Å². The van der Waals surface area contributed by atoms with Crippen molar-refractivity contribution in [2.45, 2.75) is 25.7 Å². The summed E-state index contributed by atoms with van der Waals surface area (Å²) in [5.41, 5.74) is 2.55. The predicted octanol–water partition coefficient (Wildman–Crippen LogP) is 4.54. The summed E-state index contributed by atoms with van der Waals surface area (Å²) in [6.07, 6.45) is 4.05. The molecule has 0 spiro atoms. The van der Waals surface area contributed by atoms with Crippen LogP contribution in [0.1, 0.15) is 24.1 Å². The topological polar surface area (TPSA) is 37.8 Å². The van der Waals surface area contributed by atoms with Crippen LogP contribution in [0.3, 0.4) is 0 Å². The van der Waals surface area contributed by atoms with E-state index in [0.717, 1.165) is 36.9 Å². The lowest BCUT2D eigenvalue weighted by Crippen LogP contribution is -2.10. The molecule has 1 N–H and O–H groups in total. The molecule has 0 saturated carbocycles. The first kappa shape index (κ1) is 13.6. The largest absolute Gasteiger partial charge is 0.324 e. The molecule has 1 aliphatic carbocycles. The highest BCUT2D eigenvalue weighted by molar-refractivity contribution is 6.31. The van der Waals surface area contributed by atoms with Crippen molar-refractivity contribution >= 4 is 34.8 Å². The van der Waals surface area contributed by atoms with Crippen LogP contribution in [-0.2, 0) is 12.8 Å². The lowest BCUT2D eigenvalue weighted by atomic mass is 9.97. The van der Waals surface area contributed by atoms with Crippen LogP contribution in [0, 0.1) is 5.82 Å². The van der Waals surface area contributed by atoms with Gasteiger partial charge in [0.1, 0.15) is 11.0 Å². The van der Waals surface area contributed by atoms with Crippen LogP contribution in [0.5, 0.6) is 0 Å². The number of aromatic nitrogens is 2. The summed E-state index contributed by atoms with van der Waals surface area (Å²) in [5.74, 6) is -0.0990. The van der Waals surface area contributed by atoms with Crippen molar-refractivity contribution in [3.63, 3.8) is 0 Å². The number of anilines is 2. The van der Waals surface area contributed by atoms with Gasteiger partial charge in [0.15, 0.2) is 0 Å². The van der Waals surface area contributed by atoms with E-state index in [1.54, 1.807) is 6.07 Å². The number of rotatable bonds is 2. The van der Waals surface area contributed by atoms with Gasteiger partial charge in [0, 0.05) is 11.3 Å². The fraction of sp³-hybridized carbons (Fsp3) is 0.286. The van der Waals surface area contributed by atoms with Crippen molar-refractivity contribution < 1.29 is 4.39 Å². The second-order valence-electron chi connectivity index (χ2n) is 4.72. The molecule has 0 bridgehead atoms. The number of hydrogen-bond acceptors (Lipinski definition) is 3. The lowest BCUT2D eigenvalue weighted by molar-refractivity contribution is 0.629. The number of aryl methyl sites for hydroxylation is 1. The van der Waals surface area contributed by atoms with Gasteiger partial charge < -0.3 is 5.32 Å². The van der Waals surface area contributed by atoms with E-state index in [4.69, 9.17) is 23.2 Å². The molecule has 1 heterocycles. The minimum atomic E-state index is -0.485. The first-order valence-corrected chi connectivity index (χ1v) is 7.16. The maximum atomic E-state index is 13.4. The average Bonchev–Trinajstić information content (AvgIpc) is 2.43. The van der Waals surface area contributed by atoms with Crippen molar-refractivity contribution in [2.75, 3.05) is 5.32 Å². The highest BCUT2D eigenvalue weighted by Gasteiger charge is 2.16. The minimum absolute atomic E-state index is 0.0833. The summed E-state index contributed by atoms with van der Waals surface area (Å²) in [4.78, 5) is 8.68. The molecule has 6 heteroatoms. The van der Waals surface area contributed by atoms with Crippen molar-refractivity contribution in [1.82, 2.24) is 9.97 Å². The number of benzene rings is 1. The molecule has 3 rings (SSSR count). The van der Waals surface area contributed by atoms with Gasteiger partial charge in [-0.05, 0) is 43.9 Å². The normalized spacial score (nSPS) is 13.9. The van der Waals surface area contributed by atoms with E-state index >= 15 is 0 Å². The quantitative estimate of drug-likeness (QED) is 0.827. The van der Waals surface area contributed by atoms with Crippen LogP contribution in [0.25, 0.3) is 0 Å². The maximum Gasteiger partial charge on any atom is 0.228 e. The number of fused-ring (bicyclic) bond motifs is 1. The number of halogens is 3. The third-order valence-corrected chi connectivity index (χ3v) is 3.93. The van der Waals surface area contributed by atoms with E-state index in [9.17, 15) is 4.39 Å². The van der Waals surface area contributed by atoms with E-state index in [1.807, 2.05) is 0 Å². The molecule has 0 amide bonds.